The summed E-state index contributed by atoms with van der Waals surface area (Å²) >= 11 is 0. The number of ether oxygens (including phenoxy) is 2. The Bertz CT molecular complexity index is 659. The third-order valence-corrected chi connectivity index (χ3v) is 3.94. The van der Waals surface area contributed by atoms with Gasteiger partial charge in [-0.3, -0.25) is 0 Å². The molecule has 2 N–H and O–H groups in total. The molecule has 0 amide bonds. The highest BCUT2D eigenvalue weighted by atomic mass is 16.5. The third-order valence-electron chi connectivity index (χ3n) is 3.94. The van der Waals surface area contributed by atoms with Crippen molar-refractivity contribution >= 4 is 0 Å². The predicted octanol–water partition coefficient (Wildman–Crippen LogP) is 1.68. The van der Waals surface area contributed by atoms with Crippen LogP contribution in [0.1, 0.15) is 18.7 Å². The van der Waals surface area contributed by atoms with Crippen LogP contribution in [-0.2, 0) is 6.54 Å². The fourth-order valence-corrected chi connectivity index (χ4v) is 2.76. The second-order valence-electron chi connectivity index (χ2n) is 5.73. The highest BCUT2D eigenvalue weighted by molar-refractivity contribution is 5.60. The number of piperidine rings is 1. The highest BCUT2D eigenvalue weighted by Gasteiger charge is 2.21. The highest BCUT2D eigenvalue weighted by Crippen LogP contribution is 2.33. The van der Waals surface area contributed by atoms with E-state index in [4.69, 9.17) is 19.7 Å². The van der Waals surface area contributed by atoms with Crippen LogP contribution in [0.5, 0.6) is 11.5 Å². The molecule has 1 aromatic carbocycles. The van der Waals surface area contributed by atoms with Crippen LogP contribution < -0.4 is 15.2 Å². The Morgan fingerprint density at radius 2 is 2.26 bits per heavy atom. The van der Waals surface area contributed by atoms with Crippen molar-refractivity contribution < 1.29 is 14.0 Å². The first-order valence-corrected chi connectivity index (χ1v) is 7.76. The smallest absolute Gasteiger partial charge is 0.240 e. The molecule has 0 bridgehead atoms. The number of hydrogen-bond donors (Lipinski definition) is 1. The normalized spacial score (nSPS) is 18.8. The van der Waals surface area contributed by atoms with Gasteiger partial charge in [-0.25, -0.2) is 0 Å². The average Bonchev–Trinajstić information content (AvgIpc) is 3.04. The molecule has 1 saturated heterocycles. The van der Waals surface area contributed by atoms with Gasteiger partial charge in [0, 0.05) is 12.1 Å². The molecule has 1 aliphatic heterocycles. The molecule has 23 heavy (non-hydrogen) atoms. The Morgan fingerprint density at radius 1 is 1.39 bits per heavy atom. The lowest BCUT2D eigenvalue weighted by atomic mass is 10.1. The molecular weight excluding hydrogens is 296 g/mol. The number of likely N-dealkylation sites (tertiary alicyclic amines) is 1. The van der Waals surface area contributed by atoms with E-state index in [1.54, 1.807) is 7.11 Å². The molecule has 1 unspecified atom stereocenters. The molecule has 7 heteroatoms. The third kappa shape index (κ3) is 3.62. The van der Waals surface area contributed by atoms with Crippen molar-refractivity contribution in [2.75, 3.05) is 27.2 Å². The zero-order valence-corrected chi connectivity index (χ0v) is 13.5. The van der Waals surface area contributed by atoms with Gasteiger partial charge in [-0.15, -0.1) is 0 Å². The summed E-state index contributed by atoms with van der Waals surface area (Å²) in [6.45, 7) is 2.25. The molecule has 2 heterocycles. The lowest BCUT2D eigenvalue weighted by molar-refractivity contribution is 0.101. The molecular formula is C16H22N4O3. The topological polar surface area (TPSA) is 86.6 Å². The number of likely N-dealkylation sites (N-methyl/N-ethyl adjacent to an activating group) is 1. The van der Waals surface area contributed by atoms with Gasteiger partial charge in [-0.05, 0) is 44.6 Å². The SMILES string of the molecule is COc1ccc(-c2noc(CN)n2)cc1OC1CCCN(C)C1. The second-order valence-corrected chi connectivity index (χ2v) is 5.73. The first kappa shape index (κ1) is 15.8. The Hall–Kier alpha value is -2.12. The summed E-state index contributed by atoms with van der Waals surface area (Å²) in [6.07, 6.45) is 2.33. The fourth-order valence-electron chi connectivity index (χ4n) is 2.76. The Labute approximate surface area is 135 Å². The van der Waals surface area contributed by atoms with E-state index in [0.717, 1.165) is 31.5 Å². The Morgan fingerprint density at radius 3 is 2.96 bits per heavy atom. The van der Waals surface area contributed by atoms with Crippen LogP contribution >= 0.6 is 0 Å². The summed E-state index contributed by atoms with van der Waals surface area (Å²) in [6, 6.07) is 5.62. The molecule has 1 aliphatic rings. The van der Waals surface area contributed by atoms with Crippen LogP contribution in [0.4, 0.5) is 0 Å². The average molecular weight is 318 g/mol. The van der Waals surface area contributed by atoms with E-state index in [1.165, 1.54) is 0 Å². The summed E-state index contributed by atoms with van der Waals surface area (Å²) in [7, 11) is 3.74. The van der Waals surface area contributed by atoms with Gasteiger partial charge in [-0.1, -0.05) is 5.16 Å². The van der Waals surface area contributed by atoms with Crippen molar-refractivity contribution in [2.45, 2.75) is 25.5 Å². The Balaban J connectivity index is 1.84. The summed E-state index contributed by atoms with van der Waals surface area (Å²) in [5, 5.41) is 3.94. The monoisotopic (exact) mass is 318 g/mol. The molecule has 3 rings (SSSR count). The van der Waals surface area contributed by atoms with Crippen LogP contribution in [0, 0.1) is 0 Å². The van der Waals surface area contributed by atoms with Gasteiger partial charge in [0.05, 0.1) is 13.7 Å². The molecule has 1 fully saturated rings. The second kappa shape index (κ2) is 6.97. The van der Waals surface area contributed by atoms with Crippen molar-refractivity contribution in [1.82, 2.24) is 15.0 Å². The number of hydrogen-bond acceptors (Lipinski definition) is 7. The minimum absolute atomic E-state index is 0.155. The van der Waals surface area contributed by atoms with Gasteiger partial charge < -0.3 is 24.6 Å². The van der Waals surface area contributed by atoms with Gasteiger partial charge in [-0.2, -0.15) is 4.98 Å². The zero-order valence-electron chi connectivity index (χ0n) is 13.5. The summed E-state index contributed by atoms with van der Waals surface area (Å²) in [4.78, 5) is 6.52. The standard InChI is InChI=1S/C16H22N4O3/c1-20-7-3-4-12(10-20)22-14-8-11(5-6-13(14)21-2)16-18-15(9-17)23-19-16/h5-6,8,12H,3-4,7,9-10,17H2,1-2H3. The van der Waals surface area contributed by atoms with Gasteiger partial charge in [0.15, 0.2) is 11.5 Å². The van der Waals surface area contributed by atoms with Crippen LogP contribution in [0.3, 0.4) is 0 Å². The van der Waals surface area contributed by atoms with Crippen molar-refractivity contribution in [3.63, 3.8) is 0 Å². The predicted molar refractivity (Wildman–Crippen MR) is 85.3 cm³/mol. The lowest BCUT2D eigenvalue weighted by Crippen LogP contribution is -2.38. The molecule has 0 saturated carbocycles. The van der Waals surface area contributed by atoms with Crippen LogP contribution in [-0.4, -0.2) is 48.4 Å². The molecule has 7 nitrogen and oxygen atoms in total. The molecule has 0 aliphatic carbocycles. The maximum atomic E-state index is 6.17. The van der Waals surface area contributed by atoms with Gasteiger partial charge in [0.2, 0.25) is 11.7 Å². The zero-order chi connectivity index (χ0) is 16.2. The lowest BCUT2D eigenvalue weighted by Gasteiger charge is -2.30. The molecule has 124 valence electrons. The van der Waals surface area contributed by atoms with E-state index in [-0.39, 0.29) is 12.6 Å². The molecule has 0 spiro atoms. The number of benzene rings is 1. The molecule has 1 atom stereocenters. The molecule has 1 aromatic heterocycles. The number of rotatable bonds is 5. The first-order chi connectivity index (χ1) is 11.2. The van der Waals surface area contributed by atoms with Crippen molar-refractivity contribution in [3.05, 3.63) is 24.1 Å². The first-order valence-electron chi connectivity index (χ1n) is 7.76. The molecule has 0 radical (unpaired) electrons. The van der Waals surface area contributed by atoms with E-state index < -0.39 is 0 Å². The van der Waals surface area contributed by atoms with Gasteiger partial charge >= 0.3 is 0 Å². The van der Waals surface area contributed by atoms with E-state index in [0.29, 0.717) is 23.2 Å². The molecule has 2 aromatic rings. The van der Waals surface area contributed by atoms with Crippen LogP contribution in [0.15, 0.2) is 22.7 Å². The minimum Gasteiger partial charge on any atom is -0.493 e. The Kier molecular flexibility index (Phi) is 4.78. The fraction of sp³-hybridized carbons (Fsp3) is 0.500. The van der Waals surface area contributed by atoms with Gasteiger partial charge in [0.25, 0.3) is 0 Å². The van der Waals surface area contributed by atoms with E-state index in [2.05, 4.69) is 22.1 Å². The van der Waals surface area contributed by atoms with E-state index in [1.807, 2.05) is 18.2 Å². The van der Waals surface area contributed by atoms with E-state index in [9.17, 15) is 0 Å². The summed E-state index contributed by atoms with van der Waals surface area (Å²) in [5.74, 6) is 2.31. The van der Waals surface area contributed by atoms with Gasteiger partial charge in [0.1, 0.15) is 6.10 Å². The van der Waals surface area contributed by atoms with Crippen molar-refractivity contribution in [3.8, 4) is 22.9 Å². The maximum absolute atomic E-state index is 6.17. The quantitative estimate of drug-likeness (QED) is 0.897. The summed E-state index contributed by atoms with van der Waals surface area (Å²) in [5.41, 5.74) is 6.32. The number of methoxy groups -OCH3 is 1. The number of nitrogens with zero attached hydrogens (tertiary/aromatic N) is 3. The summed E-state index contributed by atoms with van der Waals surface area (Å²) < 4.78 is 16.6. The van der Waals surface area contributed by atoms with E-state index >= 15 is 0 Å². The van der Waals surface area contributed by atoms with Crippen LogP contribution in [0.25, 0.3) is 11.4 Å². The van der Waals surface area contributed by atoms with Crippen molar-refractivity contribution in [1.29, 1.82) is 0 Å². The largest absolute Gasteiger partial charge is 0.493 e. The van der Waals surface area contributed by atoms with Crippen molar-refractivity contribution in [2.24, 2.45) is 5.73 Å². The maximum Gasteiger partial charge on any atom is 0.240 e. The van der Waals surface area contributed by atoms with Crippen LogP contribution in [0.2, 0.25) is 0 Å². The number of nitrogens with two attached hydrogens (primary N) is 1. The minimum atomic E-state index is 0.155. The number of aromatic nitrogens is 2.